The summed E-state index contributed by atoms with van der Waals surface area (Å²) in [4.78, 5) is 13.9. The van der Waals surface area contributed by atoms with Gasteiger partial charge in [-0.05, 0) is 25.2 Å². The van der Waals surface area contributed by atoms with Gasteiger partial charge in [-0.25, -0.2) is 4.79 Å². The van der Waals surface area contributed by atoms with Gasteiger partial charge < -0.3 is 19.5 Å². The molecule has 0 saturated carbocycles. The van der Waals surface area contributed by atoms with Crippen LogP contribution in [0.5, 0.6) is 11.5 Å². The van der Waals surface area contributed by atoms with Crippen LogP contribution in [0.25, 0.3) is 0 Å². The first kappa shape index (κ1) is 15.3. The lowest BCUT2D eigenvalue weighted by molar-refractivity contribution is -0.270. The van der Waals surface area contributed by atoms with Crippen molar-refractivity contribution in [1.29, 1.82) is 0 Å². The second-order valence-electron chi connectivity index (χ2n) is 4.03. The van der Waals surface area contributed by atoms with Crippen LogP contribution in [-0.2, 0) is 4.74 Å². The van der Waals surface area contributed by atoms with E-state index in [0.29, 0.717) is 18.7 Å². The third-order valence-electron chi connectivity index (χ3n) is 2.93. The van der Waals surface area contributed by atoms with E-state index < -0.39 is 5.97 Å². The van der Waals surface area contributed by atoms with Gasteiger partial charge in [-0.15, -0.1) is 0 Å². The second-order valence-corrected chi connectivity index (χ2v) is 4.03. The van der Waals surface area contributed by atoms with E-state index in [2.05, 4.69) is 18.7 Å². The number of carbonyl (C=O) groups is 1. The van der Waals surface area contributed by atoms with Gasteiger partial charge in [-0.2, -0.15) is 0 Å². The lowest BCUT2D eigenvalue weighted by Gasteiger charge is -2.18. The van der Waals surface area contributed by atoms with E-state index >= 15 is 0 Å². The number of esters is 1. The number of likely N-dealkylation sites (N-methyl/N-ethyl adjacent to an activating group) is 1. The predicted octanol–water partition coefficient (Wildman–Crippen LogP) is 1.27. The maximum absolute atomic E-state index is 11.8. The number of hydrogen-bond acceptors (Lipinski definition) is 5. The SMILES string of the molecule is CCN(CC)CCOC(=O)c1ccc([O-])c(OC)c1. The molecule has 5 heteroatoms. The van der Waals surface area contributed by atoms with Crippen molar-refractivity contribution >= 4 is 5.97 Å². The van der Waals surface area contributed by atoms with Crippen LogP contribution >= 0.6 is 0 Å². The molecule has 0 radical (unpaired) electrons. The van der Waals surface area contributed by atoms with Crippen LogP contribution in [0, 0.1) is 0 Å². The molecule has 0 amide bonds. The monoisotopic (exact) mass is 266 g/mol. The smallest absolute Gasteiger partial charge is 0.338 e. The Morgan fingerprint density at radius 1 is 1.32 bits per heavy atom. The maximum atomic E-state index is 11.8. The molecule has 0 aliphatic carbocycles. The van der Waals surface area contributed by atoms with E-state index in [1.54, 1.807) is 0 Å². The molecule has 1 aromatic rings. The van der Waals surface area contributed by atoms with Crippen LogP contribution < -0.4 is 9.84 Å². The average molecular weight is 266 g/mol. The number of hydrogen-bond donors (Lipinski definition) is 0. The fraction of sp³-hybridized carbons (Fsp3) is 0.500. The zero-order chi connectivity index (χ0) is 14.3. The standard InChI is InChI=1S/C14H21NO4/c1-4-15(5-2)8-9-19-14(17)11-6-7-12(16)13(10-11)18-3/h6-7,10,16H,4-5,8-9H2,1-3H3/p-1. The molecular formula is C14H20NO4-. The first-order valence-electron chi connectivity index (χ1n) is 6.36. The topological polar surface area (TPSA) is 61.8 Å². The average Bonchev–Trinajstić information content (AvgIpc) is 2.44. The minimum atomic E-state index is -0.439. The molecule has 1 rings (SSSR count). The van der Waals surface area contributed by atoms with Gasteiger partial charge in [-0.1, -0.05) is 25.7 Å². The van der Waals surface area contributed by atoms with Crippen LogP contribution in [0.1, 0.15) is 24.2 Å². The molecule has 106 valence electrons. The summed E-state index contributed by atoms with van der Waals surface area (Å²) in [6, 6.07) is 4.16. The third-order valence-corrected chi connectivity index (χ3v) is 2.93. The van der Waals surface area contributed by atoms with Crippen molar-refractivity contribution in [3.8, 4) is 11.5 Å². The van der Waals surface area contributed by atoms with Gasteiger partial charge in [0, 0.05) is 6.54 Å². The highest BCUT2D eigenvalue weighted by atomic mass is 16.5. The Morgan fingerprint density at radius 2 is 2.00 bits per heavy atom. The van der Waals surface area contributed by atoms with Gasteiger partial charge in [0.1, 0.15) is 12.4 Å². The zero-order valence-corrected chi connectivity index (χ0v) is 11.6. The van der Waals surface area contributed by atoms with Gasteiger partial charge in [0.05, 0.1) is 12.7 Å². The number of ether oxygens (including phenoxy) is 2. The number of carbonyl (C=O) groups excluding carboxylic acids is 1. The van der Waals surface area contributed by atoms with Crippen molar-refractivity contribution in [2.24, 2.45) is 0 Å². The molecule has 0 atom stereocenters. The lowest BCUT2D eigenvalue weighted by Crippen LogP contribution is -2.27. The highest BCUT2D eigenvalue weighted by Gasteiger charge is 2.09. The van der Waals surface area contributed by atoms with Crippen LogP contribution in [0.2, 0.25) is 0 Å². The van der Waals surface area contributed by atoms with E-state index in [1.807, 2.05) is 0 Å². The zero-order valence-electron chi connectivity index (χ0n) is 11.6. The minimum Gasteiger partial charge on any atom is -0.870 e. The number of nitrogens with zero attached hydrogens (tertiary/aromatic N) is 1. The summed E-state index contributed by atoms with van der Waals surface area (Å²) in [5, 5.41) is 11.3. The Morgan fingerprint density at radius 3 is 2.58 bits per heavy atom. The van der Waals surface area contributed by atoms with E-state index in [9.17, 15) is 9.90 Å². The summed E-state index contributed by atoms with van der Waals surface area (Å²) in [5.74, 6) is -0.536. The highest BCUT2D eigenvalue weighted by Crippen LogP contribution is 2.23. The second kappa shape index (κ2) is 7.63. The summed E-state index contributed by atoms with van der Waals surface area (Å²) in [6.07, 6.45) is 0. The molecule has 5 nitrogen and oxygen atoms in total. The Kier molecular flexibility index (Phi) is 6.15. The van der Waals surface area contributed by atoms with E-state index in [0.717, 1.165) is 13.1 Å². The summed E-state index contributed by atoms with van der Waals surface area (Å²) in [6.45, 7) is 7.00. The van der Waals surface area contributed by atoms with Crippen molar-refractivity contribution in [2.45, 2.75) is 13.8 Å². The molecule has 0 saturated heterocycles. The molecule has 0 N–H and O–H groups in total. The van der Waals surface area contributed by atoms with Gasteiger partial charge in [-0.3, -0.25) is 0 Å². The summed E-state index contributed by atoms with van der Waals surface area (Å²) >= 11 is 0. The molecular weight excluding hydrogens is 246 g/mol. The predicted molar refractivity (Wildman–Crippen MR) is 70.5 cm³/mol. The quantitative estimate of drug-likeness (QED) is 0.695. The normalized spacial score (nSPS) is 10.5. The molecule has 1 aromatic carbocycles. The molecule has 0 heterocycles. The van der Waals surface area contributed by atoms with Crippen molar-refractivity contribution in [1.82, 2.24) is 4.90 Å². The molecule has 0 spiro atoms. The van der Waals surface area contributed by atoms with Gasteiger partial charge >= 0.3 is 5.97 Å². The Hall–Kier alpha value is -1.75. The Bertz CT molecular complexity index is 416. The molecule has 0 aliphatic rings. The number of benzene rings is 1. The van der Waals surface area contributed by atoms with Gasteiger partial charge in [0.25, 0.3) is 0 Å². The largest absolute Gasteiger partial charge is 0.870 e. The molecule has 0 aliphatic heterocycles. The molecule has 0 fully saturated rings. The summed E-state index contributed by atoms with van der Waals surface area (Å²) in [7, 11) is 1.40. The van der Waals surface area contributed by atoms with Gasteiger partial charge in [0.15, 0.2) is 0 Å². The molecule has 0 bridgehead atoms. The van der Waals surface area contributed by atoms with Crippen molar-refractivity contribution in [2.75, 3.05) is 33.4 Å². The minimum absolute atomic E-state index is 0.151. The summed E-state index contributed by atoms with van der Waals surface area (Å²) in [5.41, 5.74) is 0.330. The van der Waals surface area contributed by atoms with Crippen LogP contribution in [0.15, 0.2) is 18.2 Å². The lowest BCUT2D eigenvalue weighted by atomic mass is 10.2. The first-order chi connectivity index (χ1) is 9.12. The van der Waals surface area contributed by atoms with Crippen LogP contribution in [0.3, 0.4) is 0 Å². The number of rotatable bonds is 7. The van der Waals surface area contributed by atoms with E-state index in [4.69, 9.17) is 9.47 Å². The van der Waals surface area contributed by atoms with Crippen molar-refractivity contribution in [3.05, 3.63) is 23.8 Å². The van der Waals surface area contributed by atoms with Gasteiger partial charge in [0.2, 0.25) is 0 Å². The van der Waals surface area contributed by atoms with Crippen molar-refractivity contribution < 1.29 is 19.4 Å². The first-order valence-corrected chi connectivity index (χ1v) is 6.36. The highest BCUT2D eigenvalue weighted by molar-refractivity contribution is 5.90. The van der Waals surface area contributed by atoms with E-state index in [-0.39, 0.29) is 11.5 Å². The third kappa shape index (κ3) is 4.44. The van der Waals surface area contributed by atoms with Crippen LogP contribution in [-0.4, -0.2) is 44.2 Å². The summed E-state index contributed by atoms with van der Waals surface area (Å²) < 4.78 is 10.0. The maximum Gasteiger partial charge on any atom is 0.338 e. The fourth-order valence-corrected chi connectivity index (χ4v) is 1.69. The van der Waals surface area contributed by atoms with Crippen LogP contribution in [0.4, 0.5) is 0 Å². The molecule has 0 unspecified atom stereocenters. The Labute approximate surface area is 113 Å². The van der Waals surface area contributed by atoms with Crippen molar-refractivity contribution in [3.63, 3.8) is 0 Å². The Balaban J connectivity index is 2.54. The number of methoxy groups -OCH3 is 1. The fourth-order valence-electron chi connectivity index (χ4n) is 1.69. The molecule has 0 aromatic heterocycles. The molecule has 19 heavy (non-hydrogen) atoms. The van der Waals surface area contributed by atoms with E-state index in [1.165, 1.54) is 25.3 Å².